The van der Waals surface area contributed by atoms with Crippen LogP contribution in [0.3, 0.4) is 0 Å². The first-order chi connectivity index (χ1) is 9.11. The molecule has 1 heterocycles. The van der Waals surface area contributed by atoms with Crippen molar-refractivity contribution in [3.8, 4) is 0 Å². The van der Waals surface area contributed by atoms with E-state index in [9.17, 15) is 14.0 Å². The molecule has 0 bridgehead atoms. The Morgan fingerprint density at radius 3 is 2.79 bits per heavy atom. The minimum atomic E-state index is -0.666. The number of nitrogens with two attached hydrogens (primary N) is 1. The molecule has 0 aliphatic heterocycles. The number of aromatic nitrogens is 1. The number of amides is 1. The summed E-state index contributed by atoms with van der Waals surface area (Å²) < 4.78 is 13.7. The zero-order chi connectivity index (χ0) is 13.8. The second kappa shape index (κ2) is 5.45. The fourth-order valence-electron chi connectivity index (χ4n) is 1.57. The predicted octanol–water partition coefficient (Wildman–Crippen LogP) is 1.23. The molecule has 0 atom stereocenters. The Balaban J connectivity index is 2.25. The Morgan fingerprint density at radius 2 is 2.16 bits per heavy atom. The number of carbonyl (C=O) groups excluding carboxylic acids is 1. The predicted molar refractivity (Wildman–Crippen MR) is 69.3 cm³/mol. The summed E-state index contributed by atoms with van der Waals surface area (Å²) in [5.74, 6) is -1.26. The molecular formula is C13H12FN3O2. The Hall–Kier alpha value is -2.47. The molecule has 2 aromatic rings. The van der Waals surface area contributed by atoms with E-state index in [1.54, 1.807) is 6.07 Å². The van der Waals surface area contributed by atoms with E-state index in [1.807, 2.05) is 0 Å². The number of carbonyl (C=O) groups is 1. The molecule has 0 saturated heterocycles. The zero-order valence-electron chi connectivity index (χ0n) is 9.94. The number of hydrogen-bond donors (Lipinski definition) is 3. The van der Waals surface area contributed by atoms with Gasteiger partial charge in [-0.25, -0.2) is 4.39 Å². The molecule has 98 valence electrons. The van der Waals surface area contributed by atoms with Crippen LogP contribution in [0.15, 0.2) is 41.5 Å². The smallest absolute Gasteiger partial charge is 0.261 e. The van der Waals surface area contributed by atoms with Crippen molar-refractivity contribution in [3.63, 3.8) is 0 Å². The highest BCUT2D eigenvalue weighted by Crippen LogP contribution is 2.16. The van der Waals surface area contributed by atoms with E-state index in [0.29, 0.717) is 5.56 Å². The minimum Gasteiger partial charge on any atom is -0.367 e. The summed E-state index contributed by atoms with van der Waals surface area (Å²) in [4.78, 5) is 25.9. The summed E-state index contributed by atoms with van der Waals surface area (Å²) in [5.41, 5.74) is 5.49. The summed E-state index contributed by atoms with van der Waals surface area (Å²) in [6.07, 6.45) is 2.68. The van der Waals surface area contributed by atoms with Crippen LogP contribution in [0, 0.1) is 5.82 Å². The average Bonchev–Trinajstić information content (AvgIpc) is 2.41. The topological polar surface area (TPSA) is 88.0 Å². The lowest BCUT2D eigenvalue weighted by molar-refractivity contribution is 0.102. The van der Waals surface area contributed by atoms with Crippen molar-refractivity contribution in [2.24, 2.45) is 5.73 Å². The van der Waals surface area contributed by atoms with Crippen LogP contribution in [0.1, 0.15) is 15.9 Å². The molecule has 0 saturated carbocycles. The molecule has 4 N–H and O–H groups in total. The van der Waals surface area contributed by atoms with Gasteiger partial charge >= 0.3 is 0 Å². The Bertz CT molecular complexity index is 667. The van der Waals surface area contributed by atoms with Crippen LogP contribution in [-0.4, -0.2) is 10.9 Å². The van der Waals surface area contributed by atoms with E-state index < -0.39 is 17.2 Å². The molecule has 5 nitrogen and oxygen atoms in total. The Labute approximate surface area is 108 Å². The van der Waals surface area contributed by atoms with Gasteiger partial charge < -0.3 is 16.0 Å². The molecular weight excluding hydrogens is 249 g/mol. The number of halogens is 1. The molecule has 0 fully saturated rings. The highest BCUT2D eigenvalue weighted by Gasteiger charge is 2.12. The number of benzene rings is 1. The maximum absolute atomic E-state index is 13.7. The average molecular weight is 261 g/mol. The summed E-state index contributed by atoms with van der Waals surface area (Å²) in [6, 6.07) is 5.48. The van der Waals surface area contributed by atoms with Gasteiger partial charge in [-0.3, -0.25) is 9.59 Å². The highest BCUT2D eigenvalue weighted by molar-refractivity contribution is 6.04. The van der Waals surface area contributed by atoms with Gasteiger partial charge in [-0.05, 0) is 17.7 Å². The van der Waals surface area contributed by atoms with Crippen LogP contribution in [-0.2, 0) is 6.54 Å². The fraction of sp³-hybridized carbons (Fsp3) is 0.0769. The molecule has 1 amide bonds. The monoisotopic (exact) mass is 261 g/mol. The van der Waals surface area contributed by atoms with Crippen LogP contribution in [0.2, 0.25) is 0 Å². The molecule has 0 aliphatic rings. The van der Waals surface area contributed by atoms with Gasteiger partial charge in [0.15, 0.2) is 5.43 Å². The van der Waals surface area contributed by atoms with Gasteiger partial charge in [0, 0.05) is 25.0 Å². The SMILES string of the molecule is NCc1ccc(NC(=O)c2c[nH]ccc2=O)c(F)c1. The number of anilines is 1. The molecule has 0 radical (unpaired) electrons. The van der Waals surface area contributed by atoms with Gasteiger partial charge in [0.25, 0.3) is 5.91 Å². The van der Waals surface area contributed by atoms with Crippen molar-refractivity contribution in [2.75, 3.05) is 5.32 Å². The van der Waals surface area contributed by atoms with Crippen molar-refractivity contribution in [2.45, 2.75) is 6.54 Å². The summed E-state index contributed by atoms with van der Waals surface area (Å²) in [5, 5.41) is 2.34. The first kappa shape index (κ1) is 13.0. The minimum absolute atomic E-state index is 0.00505. The molecule has 6 heteroatoms. The lowest BCUT2D eigenvalue weighted by Crippen LogP contribution is -2.21. The third-order valence-corrected chi connectivity index (χ3v) is 2.59. The third-order valence-electron chi connectivity index (χ3n) is 2.59. The largest absolute Gasteiger partial charge is 0.367 e. The van der Waals surface area contributed by atoms with Gasteiger partial charge in [-0.2, -0.15) is 0 Å². The van der Waals surface area contributed by atoms with Crippen molar-refractivity contribution in [3.05, 3.63) is 63.8 Å². The van der Waals surface area contributed by atoms with E-state index in [-0.39, 0.29) is 17.8 Å². The van der Waals surface area contributed by atoms with Gasteiger partial charge in [0.1, 0.15) is 11.4 Å². The molecule has 1 aromatic heterocycles. The van der Waals surface area contributed by atoms with E-state index in [1.165, 1.54) is 30.6 Å². The Morgan fingerprint density at radius 1 is 1.37 bits per heavy atom. The lowest BCUT2D eigenvalue weighted by atomic mass is 10.2. The second-order valence-electron chi connectivity index (χ2n) is 3.89. The van der Waals surface area contributed by atoms with Gasteiger partial charge in [0.2, 0.25) is 0 Å². The van der Waals surface area contributed by atoms with Crippen LogP contribution >= 0.6 is 0 Å². The third kappa shape index (κ3) is 2.86. The summed E-state index contributed by atoms with van der Waals surface area (Å²) in [6.45, 7) is 0.212. The molecule has 0 aliphatic carbocycles. The van der Waals surface area contributed by atoms with Crippen molar-refractivity contribution in [1.82, 2.24) is 4.98 Å². The highest BCUT2D eigenvalue weighted by atomic mass is 19.1. The normalized spacial score (nSPS) is 10.2. The number of rotatable bonds is 3. The number of nitrogens with one attached hydrogen (secondary N) is 2. The van der Waals surface area contributed by atoms with Crippen molar-refractivity contribution < 1.29 is 9.18 Å². The second-order valence-corrected chi connectivity index (χ2v) is 3.89. The van der Waals surface area contributed by atoms with Gasteiger partial charge in [0.05, 0.1) is 5.69 Å². The summed E-state index contributed by atoms with van der Waals surface area (Å²) >= 11 is 0. The van der Waals surface area contributed by atoms with Gasteiger partial charge in [-0.15, -0.1) is 0 Å². The van der Waals surface area contributed by atoms with Crippen LogP contribution in [0.4, 0.5) is 10.1 Å². The number of H-pyrrole nitrogens is 1. The van der Waals surface area contributed by atoms with E-state index in [0.717, 1.165) is 0 Å². The van der Waals surface area contributed by atoms with Crippen LogP contribution in [0.25, 0.3) is 0 Å². The molecule has 0 spiro atoms. The van der Waals surface area contributed by atoms with Crippen molar-refractivity contribution in [1.29, 1.82) is 0 Å². The first-order valence-corrected chi connectivity index (χ1v) is 5.59. The lowest BCUT2D eigenvalue weighted by Gasteiger charge is -2.07. The van der Waals surface area contributed by atoms with E-state index in [4.69, 9.17) is 5.73 Å². The maximum atomic E-state index is 13.7. The molecule has 0 unspecified atom stereocenters. The number of hydrogen-bond acceptors (Lipinski definition) is 3. The standard InChI is InChI=1S/C13H12FN3O2/c14-10-5-8(6-15)1-2-11(10)17-13(19)9-7-16-4-3-12(9)18/h1-5,7H,6,15H2,(H,16,18)(H,17,19). The fourth-order valence-corrected chi connectivity index (χ4v) is 1.57. The Kier molecular flexibility index (Phi) is 3.72. The summed E-state index contributed by atoms with van der Waals surface area (Å²) in [7, 11) is 0. The molecule has 1 aromatic carbocycles. The molecule has 19 heavy (non-hydrogen) atoms. The van der Waals surface area contributed by atoms with Crippen LogP contribution in [0.5, 0.6) is 0 Å². The van der Waals surface area contributed by atoms with E-state index in [2.05, 4.69) is 10.3 Å². The van der Waals surface area contributed by atoms with Crippen LogP contribution < -0.4 is 16.5 Å². The zero-order valence-corrected chi connectivity index (χ0v) is 9.94. The quantitative estimate of drug-likeness (QED) is 0.776. The van der Waals surface area contributed by atoms with Gasteiger partial charge in [-0.1, -0.05) is 6.07 Å². The van der Waals surface area contributed by atoms with E-state index >= 15 is 0 Å². The van der Waals surface area contributed by atoms with Crippen molar-refractivity contribution >= 4 is 11.6 Å². The number of pyridine rings is 1. The first-order valence-electron chi connectivity index (χ1n) is 5.59. The molecule has 2 rings (SSSR count). The maximum Gasteiger partial charge on any atom is 0.261 e. The number of aromatic amines is 1.